The van der Waals surface area contributed by atoms with E-state index in [1.165, 1.54) is 0 Å². The number of hydrogen-bond donors (Lipinski definition) is 1. The van der Waals surface area contributed by atoms with Gasteiger partial charge in [-0.15, -0.1) is 0 Å². The number of fused-ring (bicyclic) bond motifs is 1. The van der Waals surface area contributed by atoms with E-state index in [0.29, 0.717) is 29.7 Å². The Morgan fingerprint density at radius 1 is 1.38 bits per heavy atom. The summed E-state index contributed by atoms with van der Waals surface area (Å²) in [5.74, 6) is 1.32. The summed E-state index contributed by atoms with van der Waals surface area (Å²) in [7, 11) is 0. The van der Waals surface area contributed by atoms with Gasteiger partial charge in [-0.2, -0.15) is 0 Å². The van der Waals surface area contributed by atoms with E-state index in [2.05, 4.69) is 18.7 Å². The summed E-state index contributed by atoms with van der Waals surface area (Å²) in [5.41, 5.74) is 7.05. The van der Waals surface area contributed by atoms with E-state index in [1.54, 1.807) is 0 Å². The molecule has 0 amide bonds. The van der Waals surface area contributed by atoms with E-state index in [0.717, 1.165) is 18.7 Å². The van der Waals surface area contributed by atoms with E-state index in [-0.39, 0.29) is 18.4 Å². The average Bonchev–Trinajstić information content (AvgIpc) is 2.90. The van der Waals surface area contributed by atoms with E-state index in [4.69, 9.17) is 31.5 Å². The Morgan fingerprint density at radius 3 is 2.90 bits per heavy atom. The molecular weight excluding hydrogens is 292 g/mol. The Kier molecular flexibility index (Phi) is 4.01. The second-order valence-electron chi connectivity index (χ2n) is 6.05. The third-order valence-corrected chi connectivity index (χ3v) is 4.42. The fraction of sp³-hybridized carbons (Fsp3) is 0.600. The number of ether oxygens (including phenoxy) is 3. The molecule has 2 aliphatic rings. The lowest BCUT2D eigenvalue weighted by atomic mass is 9.95. The molecule has 2 heterocycles. The van der Waals surface area contributed by atoms with Crippen LogP contribution >= 0.6 is 11.6 Å². The lowest BCUT2D eigenvalue weighted by molar-refractivity contribution is -0.0712. The quantitative estimate of drug-likeness (QED) is 0.927. The molecule has 0 aromatic heterocycles. The van der Waals surface area contributed by atoms with E-state index >= 15 is 0 Å². The van der Waals surface area contributed by atoms with Crippen LogP contribution in [0.3, 0.4) is 0 Å². The largest absolute Gasteiger partial charge is 0.454 e. The number of nitrogens with zero attached hydrogens (tertiary/aromatic N) is 1. The van der Waals surface area contributed by atoms with Gasteiger partial charge in [0, 0.05) is 24.7 Å². The standard InChI is InChI=1S/C15H21ClN2O3/c1-15(2)8-19-4-3-18(15)12(7-17)10-5-11(16)14-13(6-10)20-9-21-14/h5-6,12H,3-4,7-9,17H2,1-2H3. The van der Waals surface area contributed by atoms with Crippen LogP contribution in [0.15, 0.2) is 12.1 Å². The van der Waals surface area contributed by atoms with Crippen molar-refractivity contribution >= 4 is 11.6 Å². The van der Waals surface area contributed by atoms with Crippen LogP contribution < -0.4 is 15.2 Å². The summed E-state index contributed by atoms with van der Waals surface area (Å²) < 4.78 is 16.4. The summed E-state index contributed by atoms with van der Waals surface area (Å²) in [6.07, 6.45) is 0. The molecule has 0 saturated carbocycles. The van der Waals surface area contributed by atoms with Gasteiger partial charge in [0.1, 0.15) is 0 Å². The van der Waals surface area contributed by atoms with Gasteiger partial charge in [-0.25, -0.2) is 0 Å². The molecule has 0 radical (unpaired) electrons. The normalized spacial score (nSPS) is 22.3. The number of morpholine rings is 1. The van der Waals surface area contributed by atoms with Crippen LogP contribution in [0.4, 0.5) is 0 Å². The summed E-state index contributed by atoms with van der Waals surface area (Å²) in [6, 6.07) is 3.99. The first-order chi connectivity index (χ1) is 10.0. The van der Waals surface area contributed by atoms with Gasteiger partial charge in [-0.3, -0.25) is 4.90 Å². The highest BCUT2D eigenvalue weighted by molar-refractivity contribution is 6.32. The first-order valence-corrected chi connectivity index (χ1v) is 7.54. The Bertz CT molecular complexity index is 536. The van der Waals surface area contributed by atoms with Crippen molar-refractivity contribution in [3.05, 3.63) is 22.7 Å². The summed E-state index contributed by atoms with van der Waals surface area (Å²) in [5, 5.41) is 0.574. The lowest BCUT2D eigenvalue weighted by Crippen LogP contribution is -2.55. The number of nitrogens with two attached hydrogens (primary N) is 1. The predicted molar refractivity (Wildman–Crippen MR) is 81.0 cm³/mol. The highest BCUT2D eigenvalue weighted by Crippen LogP contribution is 2.42. The van der Waals surface area contributed by atoms with Crippen molar-refractivity contribution in [2.45, 2.75) is 25.4 Å². The third kappa shape index (κ3) is 2.71. The second kappa shape index (κ2) is 5.65. The van der Waals surface area contributed by atoms with Crippen LogP contribution in [-0.4, -0.2) is 43.5 Å². The minimum absolute atomic E-state index is 0.0644. The van der Waals surface area contributed by atoms with E-state index < -0.39 is 0 Å². The van der Waals surface area contributed by atoms with Crippen LogP contribution in [0.2, 0.25) is 5.02 Å². The number of rotatable bonds is 3. The lowest BCUT2D eigenvalue weighted by Gasteiger charge is -2.46. The third-order valence-electron chi connectivity index (χ3n) is 4.14. The van der Waals surface area contributed by atoms with Gasteiger partial charge >= 0.3 is 0 Å². The van der Waals surface area contributed by atoms with Gasteiger partial charge in [0.2, 0.25) is 6.79 Å². The number of benzene rings is 1. The van der Waals surface area contributed by atoms with Crippen molar-refractivity contribution in [1.82, 2.24) is 4.90 Å². The zero-order valence-corrected chi connectivity index (χ0v) is 13.2. The molecule has 116 valence electrons. The maximum atomic E-state index is 6.30. The average molecular weight is 313 g/mol. The zero-order chi connectivity index (χ0) is 15.0. The molecule has 0 bridgehead atoms. The number of halogens is 1. The van der Waals surface area contributed by atoms with Crippen LogP contribution in [-0.2, 0) is 4.74 Å². The second-order valence-corrected chi connectivity index (χ2v) is 6.45. The van der Waals surface area contributed by atoms with E-state index in [1.807, 2.05) is 12.1 Å². The van der Waals surface area contributed by atoms with Crippen molar-refractivity contribution in [1.29, 1.82) is 0 Å². The maximum Gasteiger partial charge on any atom is 0.231 e. The summed E-state index contributed by atoms with van der Waals surface area (Å²) in [4.78, 5) is 2.38. The van der Waals surface area contributed by atoms with Crippen LogP contribution in [0, 0.1) is 0 Å². The topological polar surface area (TPSA) is 57.0 Å². The van der Waals surface area contributed by atoms with Crippen molar-refractivity contribution < 1.29 is 14.2 Å². The fourth-order valence-electron chi connectivity index (χ4n) is 3.07. The molecular formula is C15H21ClN2O3. The van der Waals surface area contributed by atoms with Gasteiger partial charge in [0.25, 0.3) is 0 Å². The fourth-order valence-corrected chi connectivity index (χ4v) is 3.34. The van der Waals surface area contributed by atoms with Crippen molar-refractivity contribution in [2.75, 3.05) is 33.1 Å². The Morgan fingerprint density at radius 2 is 2.19 bits per heavy atom. The monoisotopic (exact) mass is 312 g/mol. The van der Waals surface area contributed by atoms with Crippen molar-refractivity contribution in [3.8, 4) is 11.5 Å². The predicted octanol–water partition coefficient (Wildman–Crippen LogP) is 2.18. The zero-order valence-electron chi connectivity index (χ0n) is 12.4. The molecule has 21 heavy (non-hydrogen) atoms. The number of hydrogen-bond acceptors (Lipinski definition) is 5. The van der Waals surface area contributed by atoms with Gasteiger partial charge in [-0.05, 0) is 31.5 Å². The molecule has 1 fully saturated rings. The summed E-state index contributed by atoms with van der Waals surface area (Å²) in [6.45, 7) is 7.34. The first-order valence-electron chi connectivity index (χ1n) is 7.16. The van der Waals surface area contributed by atoms with Gasteiger partial charge in [0.15, 0.2) is 11.5 Å². The Hall–Kier alpha value is -1.01. The first kappa shape index (κ1) is 14.9. The smallest absolute Gasteiger partial charge is 0.231 e. The van der Waals surface area contributed by atoms with Crippen LogP contribution in [0.1, 0.15) is 25.5 Å². The highest BCUT2D eigenvalue weighted by atomic mass is 35.5. The molecule has 1 saturated heterocycles. The molecule has 1 atom stereocenters. The SMILES string of the molecule is CC1(C)COCCN1C(CN)c1cc(Cl)c2c(c1)OCO2. The summed E-state index contributed by atoms with van der Waals surface area (Å²) >= 11 is 6.30. The molecule has 1 aromatic rings. The molecule has 1 aromatic carbocycles. The maximum absolute atomic E-state index is 6.30. The molecule has 1 unspecified atom stereocenters. The Balaban J connectivity index is 1.95. The Labute approximate surface area is 129 Å². The van der Waals surface area contributed by atoms with E-state index in [9.17, 15) is 0 Å². The molecule has 5 nitrogen and oxygen atoms in total. The molecule has 0 spiro atoms. The van der Waals surface area contributed by atoms with Gasteiger partial charge in [0.05, 0.1) is 18.2 Å². The van der Waals surface area contributed by atoms with Crippen LogP contribution in [0.25, 0.3) is 0 Å². The molecule has 2 aliphatic heterocycles. The molecule has 2 N–H and O–H groups in total. The van der Waals surface area contributed by atoms with Crippen LogP contribution in [0.5, 0.6) is 11.5 Å². The van der Waals surface area contributed by atoms with Crippen molar-refractivity contribution in [2.24, 2.45) is 5.73 Å². The van der Waals surface area contributed by atoms with Gasteiger partial charge < -0.3 is 19.9 Å². The molecule has 0 aliphatic carbocycles. The minimum Gasteiger partial charge on any atom is -0.454 e. The minimum atomic E-state index is -0.0644. The van der Waals surface area contributed by atoms with Crippen molar-refractivity contribution in [3.63, 3.8) is 0 Å². The van der Waals surface area contributed by atoms with Gasteiger partial charge in [-0.1, -0.05) is 11.6 Å². The molecule has 6 heteroatoms. The molecule has 3 rings (SSSR count). The highest BCUT2D eigenvalue weighted by Gasteiger charge is 2.36.